The van der Waals surface area contributed by atoms with E-state index in [0.717, 1.165) is 22.8 Å². The number of aryl methyl sites for hydroxylation is 1. The summed E-state index contributed by atoms with van der Waals surface area (Å²) in [5.41, 5.74) is 2.68. The maximum atomic E-state index is 14.1. The molecule has 1 aliphatic heterocycles. The number of carbonyl (C=O) groups is 5. The summed E-state index contributed by atoms with van der Waals surface area (Å²) in [6.07, 6.45) is -4.03. The van der Waals surface area contributed by atoms with Crippen LogP contribution in [-0.2, 0) is 26.7 Å². The smallest absolute Gasteiger partial charge is 0.461 e. The number of amides is 5. The van der Waals surface area contributed by atoms with Gasteiger partial charge in [0.1, 0.15) is 11.6 Å². The third-order valence-corrected chi connectivity index (χ3v) is 11.5. The van der Waals surface area contributed by atoms with Crippen LogP contribution in [0.4, 0.5) is 37.2 Å². The van der Waals surface area contributed by atoms with Crippen molar-refractivity contribution < 1.29 is 55.8 Å². The van der Waals surface area contributed by atoms with Crippen molar-refractivity contribution in [3.05, 3.63) is 83.2 Å². The van der Waals surface area contributed by atoms with E-state index in [2.05, 4.69) is 26.3 Å². The maximum absolute atomic E-state index is 14.1. The normalized spacial score (nSPS) is 17.9. The fraction of sp³-hybridized carbons (Fsp3) is 0.467. The van der Waals surface area contributed by atoms with E-state index in [1.54, 1.807) is 45.0 Å². The number of aromatic amines is 1. The van der Waals surface area contributed by atoms with Gasteiger partial charge in [0.05, 0.1) is 11.0 Å². The number of nitrogens with zero attached hydrogens (tertiary/aromatic N) is 2. The summed E-state index contributed by atoms with van der Waals surface area (Å²) in [6, 6.07) is 15.0. The molecule has 3 aromatic carbocycles. The largest absolute Gasteiger partial charge is 0.465 e. The molecule has 19 heteroatoms. The van der Waals surface area contributed by atoms with Crippen molar-refractivity contribution in [1.82, 2.24) is 30.8 Å². The number of hydrogen-bond donors (Lipinski definition) is 6. The number of carbonyl (C=O) groups excluding carboxylic acids is 4. The van der Waals surface area contributed by atoms with Gasteiger partial charge in [0, 0.05) is 49.3 Å². The van der Waals surface area contributed by atoms with Crippen LogP contribution in [0.3, 0.4) is 0 Å². The lowest BCUT2D eigenvalue weighted by Crippen LogP contribution is -2.48. The van der Waals surface area contributed by atoms with E-state index < -0.39 is 53.6 Å². The summed E-state index contributed by atoms with van der Waals surface area (Å²) in [4.78, 5) is 70.9. The zero-order valence-corrected chi connectivity index (χ0v) is 35.8. The summed E-state index contributed by atoms with van der Waals surface area (Å²) in [7, 11) is 0. The van der Waals surface area contributed by atoms with Gasteiger partial charge in [-0.2, -0.15) is 22.0 Å². The van der Waals surface area contributed by atoms with Crippen LogP contribution in [0.2, 0.25) is 0 Å². The molecule has 6 rings (SSSR count). The molecule has 1 aromatic heterocycles. The molecular formula is C45H52F5N7O7. The highest BCUT2D eigenvalue weighted by Crippen LogP contribution is 2.43. The number of benzene rings is 3. The number of hydrogen-bond acceptors (Lipinski definition) is 7. The van der Waals surface area contributed by atoms with Crippen LogP contribution in [0.15, 0.2) is 60.7 Å². The minimum atomic E-state index is -5.88. The molecule has 5 amide bonds. The summed E-state index contributed by atoms with van der Waals surface area (Å²) >= 11 is 0. The van der Waals surface area contributed by atoms with Crippen molar-refractivity contribution >= 4 is 46.6 Å². The highest BCUT2D eigenvalue weighted by atomic mass is 19.4. The standard InChI is InChI=1S/C45H52F5N7O7/c1-25-21-30(38(59)52-31-17-19-57(20-18-31)42(62)63)13-15-33(25)28-9-5-26(6-10-28)22-36(54-37(58)29-11-7-27(8-12-29)24-51-41(61)64-43(2,3)4)39(60)53-32-14-16-34-35(23-32)56-40(55-34)44(46,47)45(48,49)50/h5-6,9-10,13-16,21,23,27,29,31,36H,7-8,11-12,17-20,22,24H2,1-4H3,(H,51,61)(H,52,59)(H,53,60)(H,54,58)(H,55,56)(H,62,63)/t27-,29-,36-/m0/s1. The van der Waals surface area contributed by atoms with E-state index in [1.807, 2.05) is 30.1 Å². The fourth-order valence-corrected chi connectivity index (χ4v) is 7.93. The summed E-state index contributed by atoms with van der Waals surface area (Å²) < 4.78 is 72.6. The van der Waals surface area contributed by atoms with Crippen molar-refractivity contribution in [3.8, 4) is 11.1 Å². The number of imidazole rings is 1. The molecule has 2 heterocycles. The molecule has 2 aliphatic rings. The van der Waals surface area contributed by atoms with E-state index >= 15 is 0 Å². The second kappa shape index (κ2) is 19.2. The first-order valence-corrected chi connectivity index (χ1v) is 21.1. The Morgan fingerprint density at radius 1 is 0.891 bits per heavy atom. The number of piperidine rings is 1. The number of ether oxygens (including phenoxy) is 1. The van der Waals surface area contributed by atoms with Crippen LogP contribution >= 0.6 is 0 Å². The number of aromatic nitrogens is 2. The SMILES string of the molecule is Cc1cc(C(=O)NC2CCN(C(=O)O)CC2)ccc1-c1ccc(C[C@H](NC(=O)[C@H]2CC[C@H](CNC(=O)OC(C)(C)C)CC2)C(=O)Nc2ccc3[nH]c(C(F)(F)C(F)(F)F)nc3c2)cc1. The molecule has 0 bridgehead atoms. The first kappa shape index (κ1) is 47.2. The van der Waals surface area contributed by atoms with Crippen molar-refractivity contribution in [2.45, 2.75) is 102 Å². The number of alkyl halides is 5. The van der Waals surface area contributed by atoms with Crippen LogP contribution < -0.4 is 21.3 Å². The average molecular weight is 898 g/mol. The molecule has 6 N–H and O–H groups in total. The second-order valence-electron chi connectivity index (χ2n) is 17.5. The first-order valence-electron chi connectivity index (χ1n) is 21.1. The number of rotatable bonds is 12. The predicted molar refractivity (Wildman–Crippen MR) is 227 cm³/mol. The van der Waals surface area contributed by atoms with E-state index in [4.69, 9.17) is 4.74 Å². The predicted octanol–water partition coefficient (Wildman–Crippen LogP) is 8.06. The number of likely N-dealkylation sites (tertiary alicyclic amines) is 1. The van der Waals surface area contributed by atoms with Gasteiger partial charge in [-0.25, -0.2) is 14.6 Å². The lowest BCUT2D eigenvalue weighted by atomic mass is 9.81. The lowest BCUT2D eigenvalue weighted by Gasteiger charge is -2.30. The van der Waals surface area contributed by atoms with Crippen molar-refractivity contribution in [1.29, 1.82) is 0 Å². The summed E-state index contributed by atoms with van der Waals surface area (Å²) in [6.45, 7) is 8.24. The zero-order chi connectivity index (χ0) is 46.6. The number of anilines is 1. The van der Waals surface area contributed by atoms with Crippen molar-refractivity contribution in [2.24, 2.45) is 11.8 Å². The molecule has 344 valence electrons. The number of alkyl carbamates (subject to hydrolysis) is 1. The summed E-state index contributed by atoms with van der Waals surface area (Å²) in [5.74, 6) is -8.42. The Kier molecular flexibility index (Phi) is 14.2. The van der Waals surface area contributed by atoms with Crippen LogP contribution in [0.5, 0.6) is 0 Å². The highest BCUT2D eigenvalue weighted by molar-refractivity contribution is 5.99. The molecule has 0 radical (unpaired) electrons. The Morgan fingerprint density at radius 2 is 1.56 bits per heavy atom. The minimum Gasteiger partial charge on any atom is -0.465 e. The highest BCUT2D eigenvalue weighted by Gasteiger charge is 2.61. The fourth-order valence-electron chi connectivity index (χ4n) is 7.93. The van der Waals surface area contributed by atoms with Gasteiger partial charge >= 0.3 is 24.3 Å². The van der Waals surface area contributed by atoms with Crippen LogP contribution in [0.1, 0.15) is 86.6 Å². The van der Waals surface area contributed by atoms with Gasteiger partial charge in [-0.15, -0.1) is 0 Å². The second-order valence-corrected chi connectivity index (χ2v) is 17.5. The quantitative estimate of drug-likeness (QED) is 0.0769. The zero-order valence-electron chi connectivity index (χ0n) is 35.8. The molecule has 0 unspecified atom stereocenters. The van der Waals surface area contributed by atoms with E-state index in [-0.39, 0.29) is 46.9 Å². The molecule has 1 saturated heterocycles. The summed E-state index contributed by atoms with van der Waals surface area (Å²) in [5, 5.41) is 20.5. The van der Waals surface area contributed by atoms with Crippen molar-refractivity contribution in [2.75, 3.05) is 25.0 Å². The lowest BCUT2D eigenvalue weighted by molar-refractivity contribution is -0.292. The molecule has 1 saturated carbocycles. The molecule has 64 heavy (non-hydrogen) atoms. The Hall–Kier alpha value is -6.27. The van der Waals surface area contributed by atoms with Crippen LogP contribution in [0, 0.1) is 18.8 Å². The number of carboxylic acid groups (broad SMARTS) is 1. The topological polar surface area (TPSA) is 195 Å². The average Bonchev–Trinajstić information content (AvgIpc) is 3.67. The third kappa shape index (κ3) is 11.8. The van der Waals surface area contributed by atoms with Gasteiger partial charge < -0.3 is 41.0 Å². The monoisotopic (exact) mass is 897 g/mol. The molecule has 0 spiro atoms. The molecule has 2 fully saturated rings. The Labute approximate surface area is 366 Å². The molecule has 14 nitrogen and oxygen atoms in total. The number of H-pyrrole nitrogens is 1. The number of halogens is 5. The van der Waals surface area contributed by atoms with Crippen molar-refractivity contribution in [3.63, 3.8) is 0 Å². The molecular weight excluding hydrogens is 846 g/mol. The van der Waals surface area contributed by atoms with Gasteiger partial charge in [0.2, 0.25) is 11.8 Å². The Morgan fingerprint density at radius 3 is 2.17 bits per heavy atom. The Bertz CT molecular complexity index is 2350. The maximum Gasteiger partial charge on any atom is 0.461 e. The van der Waals surface area contributed by atoms with Gasteiger partial charge in [0.15, 0.2) is 5.82 Å². The van der Waals surface area contributed by atoms with Gasteiger partial charge in [0.25, 0.3) is 5.91 Å². The molecule has 1 aliphatic carbocycles. The molecule has 4 aromatic rings. The van der Waals surface area contributed by atoms with Crippen LogP contribution in [0.25, 0.3) is 22.2 Å². The van der Waals surface area contributed by atoms with E-state index in [9.17, 15) is 51.0 Å². The van der Waals surface area contributed by atoms with Gasteiger partial charge in [-0.1, -0.05) is 30.3 Å². The third-order valence-electron chi connectivity index (χ3n) is 11.5. The van der Waals surface area contributed by atoms with Crippen LogP contribution in [-0.4, -0.2) is 93.4 Å². The number of fused-ring (bicyclic) bond motifs is 1. The van der Waals surface area contributed by atoms with E-state index in [0.29, 0.717) is 69.3 Å². The Balaban J connectivity index is 1.14. The minimum absolute atomic E-state index is 0.0308. The van der Waals surface area contributed by atoms with Gasteiger partial charge in [-0.3, -0.25) is 14.4 Å². The first-order chi connectivity index (χ1) is 30.1. The number of nitrogens with one attached hydrogen (secondary N) is 5. The van der Waals surface area contributed by atoms with E-state index in [1.165, 1.54) is 17.0 Å². The van der Waals surface area contributed by atoms with Gasteiger partial charge in [-0.05, 0) is 125 Å². The molecule has 1 atom stereocenters.